The van der Waals surface area contributed by atoms with Gasteiger partial charge < -0.3 is 9.32 Å². The van der Waals surface area contributed by atoms with E-state index in [1.54, 1.807) is 18.2 Å². The number of hydrogen-bond acceptors (Lipinski definition) is 3. The zero-order chi connectivity index (χ0) is 20.8. The van der Waals surface area contributed by atoms with Crippen molar-refractivity contribution < 1.29 is 18.0 Å². The number of aromatic nitrogens is 1. The molecule has 29 heavy (non-hydrogen) atoms. The summed E-state index contributed by atoms with van der Waals surface area (Å²) in [4.78, 5) is 19.2. The maximum Gasteiger partial charge on any atom is 0.223 e. The summed E-state index contributed by atoms with van der Waals surface area (Å²) in [7, 11) is 0. The summed E-state index contributed by atoms with van der Waals surface area (Å²) in [6.45, 7) is 6.86. The highest BCUT2D eigenvalue weighted by Gasteiger charge is 2.34. The third kappa shape index (κ3) is 4.02. The lowest BCUT2D eigenvalue weighted by atomic mass is 9.91. The Kier molecular flexibility index (Phi) is 4.89. The minimum atomic E-state index is -0.887. The Morgan fingerprint density at radius 2 is 1.86 bits per heavy atom. The fourth-order valence-electron chi connectivity index (χ4n) is 3.82. The number of carbonyl (C=O) groups is 1. The number of carbonyl (C=O) groups excluding carboxylic acids is 1. The molecule has 0 bridgehead atoms. The number of likely N-dealkylation sites (tertiary alicyclic amines) is 1. The molecular weight excluding hydrogens is 374 g/mol. The van der Waals surface area contributed by atoms with E-state index in [1.807, 2.05) is 4.90 Å². The molecule has 0 saturated carbocycles. The maximum atomic E-state index is 13.6. The first kappa shape index (κ1) is 19.6. The number of benzene rings is 2. The van der Waals surface area contributed by atoms with Crippen molar-refractivity contribution in [1.82, 2.24) is 9.88 Å². The molecule has 3 aromatic rings. The van der Waals surface area contributed by atoms with Crippen LogP contribution in [0.25, 0.3) is 22.2 Å². The number of rotatable bonds is 3. The number of halogens is 2. The van der Waals surface area contributed by atoms with Gasteiger partial charge in [-0.3, -0.25) is 4.79 Å². The summed E-state index contributed by atoms with van der Waals surface area (Å²) in [5.41, 5.74) is 2.46. The van der Waals surface area contributed by atoms with Gasteiger partial charge in [0.1, 0.15) is 11.6 Å². The Morgan fingerprint density at radius 1 is 1.14 bits per heavy atom. The van der Waals surface area contributed by atoms with Crippen molar-refractivity contribution in [3.05, 3.63) is 53.9 Å². The van der Waals surface area contributed by atoms with Gasteiger partial charge in [-0.15, -0.1) is 0 Å². The predicted molar refractivity (Wildman–Crippen MR) is 107 cm³/mol. The van der Waals surface area contributed by atoms with Crippen molar-refractivity contribution in [3.63, 3.8) is 0 Å². The van der Waals surface area contributed by atoms with Gasteiger partial charge in [-0.05, 0) is 53.6 Å². The average Bonchev–Trinajstić information content (AvgIpc) is 3.28. The second kappa shape index (κ2) is 7.25. The summed E-state index contributed by atoms with van der Waals surface area (Å²) < 4.78 is 32.7. The predicted octanol–water partition coefficient (Wildman–Crippen LogP) is 5.87. The molecule has 152 valence electrons. The van der Waals surface area contributed by atoms with Crippen molar-refractivity contribution in [2.24, 2.45) is 5.41 Å². The van der Waals surface area contributed by atoms with Gasteiger partial charge in [0.15, 0.2) is 17.2 Å². The van der Waals surface area contributed by atoms with Gasteiger partial charge in [-0.2, -0.15) is 0 Å². The van der Waals surface area contributed by atoms with Crippen LogP contribution < -0.4 is 0 Å². The van der Waals surface area contributed by atoms with E-state index in [0.29, 0.717) is 35.5 Å². The number of amides is 1. The summed E-state index contributed by atoms with van der Waals surface area (Å²) in [5.74, 6) is -1.12. The van der Waals surface area contributed by atoms with E-state index in [1.165, 1.54) is 12.1 Å². The average molecular weight is 398 g/mol. The van der Waals surface area contributed by atoms with Gasteiger partial charge in [0.2, 0.25) is 11.8 Å². The molecule has 1 fully saturated rings. The first-order valence-corrected chi connectivity index (χ1v) is 9.87. The molecule has 2 aromatic carbocycles. The lowest BCUT2D eigenvalue weighted by Gasteiger charge is -2.26. The Labute approximate surface area is 168 Å². The molecule has 1 saturated heterocycles. The molecule has 1 aliphatic heterocycles. The molecule has 0 aliphatic carbocycles. The van der Waals surface area contributed by atoms with Crippen LogP contribution in [-0.4, -0.2) is 22.3 Å². The number of oxazole rings is 1. The molecule has 2 heterocycles. The fraction of sp³-hybridized carbons (Fsp3) is 0.391. The van der Waals surface area contributed by atoms with E-state index in [9.17, 15) is 13.6 Å². The second-order valence-electron chi connectivity index (χ2n) is 8.85. The fourth-order valence-corrected chi connectivity index (χ4v) is 3.82. The molecule has 0 spiro atoms. The zero-order valence-electron chi connectivity index (χ0n) is 16.8. The molecule has 1 atom stereocenters. The van der Waals surface area contributed by atoms with Crippen molar-refractivity contribution in [1.29, 1.82) is 0 Å². The molecular formula is C23H24F2N2O2. The van der Waals surface area contributed by atoms with E-state index in [2.05, 4.69) is 25.8 Å². The van der Waals surface area contributed by atoms with E-state index in [0.717, 1.165) is 24.5 Å². The Balaban J connectivity index is 1.63. The van der Waals surface area contributed by atoms with Gasteiger partial charge in [0, 0.05) is 13.0 Å². The molecule has 4 rings (SSSR count). The zero-order valence-corrected chi connectivity index (χ0v) is 16.8. The number of fused-ring (bicyclic) bond motifs is 1. The van der Waals surface area contributed by atoms with Crippen LogP contribution in [0.5, 0.6) is 0 Å². The Morgan fingerprint density at radius 3 is 2.59 bits per heavy atom. The number of nitrogens with zero attached hydrogens (tertiary/aromatic N) is 2. The van der Waals surface area contributed by atoms with Crippen molar-refractivity contribution in [2.45, 2.75) is 46.1 Å². The quantitative estimate of drug-likeness (QED) is 0.554. The van der Waals surface area contributed by atoms with E-state index in [4.69, 9.17) is 4.42 Å². The lowest BCUT2D eigenvalue weighted by Crippen LogP contribution is -2.33. The van der Waals surface area contributed by atoms with E-state index >= 15 is 0 Å². The Bertz CT molecular complexity index is 1070. The van der Waals surface area contributed by atoms with Crippen LogP contribution in [-0.2, 0) is 4.79 Å². The van der Waals surface area contributed by atoms with Crippen LogP contribution in [0.4, 0.5) is 8.78 Å². The third-order valence-electron chi connectivity index (χ3n) is 5.20. The van der Waals surface area contributed by atoms with Gasteiger partial charge in [0.25, 0.3) is 0 Å². The molecule has 0 N–H and O–H groups in total. The van der Waals surface area contributed by atoms with Gasteiger partial charge in [-0.1, -0.05) is 32.9 Å². The highest BCUT2D eigenvalue weighted by atomic mass is 19.2. The Hall–Kier alpha value is -2.76. The van der Waals surface area contributed by atoms with Gasteiger partial charge in [-0.25, -0.2) is 13.8 Å². The smallest absolute Gasteiger partial charge is 0.223 e. The number of hydrogen-bond donors (Lipinski definition) is 0. The monoisotopic (exact) mass is 398 g/mol. The third-order valence-corrected chi connectivity index (χ3v) is 5.20. The minimum Gasteiger partial charge on any atom is -0.438 e. The normalized spacial score (nSPS) is 17.3. The van der Waals surface area contributed by atoms with Crippen LogP contribution in [0, 0.1) is 17.0 Å². The van der Waals surface area contributed by atoms with Crippen molar-refractivity contribution >= 4 is 17.0 Å². The van der Waals surface area contributed by atoms with Crippen LogP contribution in [0.1, 0.15) is 52.0 Å². The van der Waals surface area contributed by atoms with E-state index in [-0.39, 0.29) is 17.4 Å². The first-order valence-electron chi connectivity index (χ1n) is 9.87. The molecule has 1 amide bonds. The van der Waals surface area contributed by atoms with Crippen LogP contribution >= 0.6 is 0 Å². The SMILES string of the molecule is CC(C)(C)CC(=O)N1CCC[C@@H]1c1nc2cc(-c3ccc(F)c(F)c3)ccc2o1. The van der Waals surface area contributed by atoms with Crippen LogP contribution in [0.2, 0.25) is 0 Å². The molecule has 1 aromatic heterocycles. The van der Waals surface area contributed by atoms with Crippen molar-refractivity contribution in [2.75, 3.05) is 6.54 Å². The largest absolute Gasteiger partial charge is 0.438 e. The van der Waals surface area contributed by atoms with E-state index < -0.39 is 11.6 Å². The van der Waals surface area contributed by atoms with Crippen molar-refractivity contribution in [3.8, 4) is 11.1 Å². The second-order valence-corrected chi connectivity index (χ2v) is 8.85. The topological polar surface area (TPSA) is 46.3 Å². The lowest BCUT2D eigenvalue weighted by molar-refractivity contribution is -0.134. The van der Waals surface area contributed by atoms with Gasteiger partial charge >= 0.3 is 0 Å². The maximum absolute atomic E-state index is 13.6. The first-order chi connectivity index (χ1) is 13.7. The highest BCUT2D eigenvalue weighted by Crippen LogP contribution is 2.36. The summed E-state index contributed by atoms with van der Waals surface area (Å²) in [6, 6.07) is 9.01. The highest BCUT2D eigenvalue weighted by molar-refractivity contribution is 5.81. The minimum absolute atomic E-state index is 0.0785. The van der Waals surface area contributed by atoms with Gasteiger partial charge in [0.05, 0.1) is 0 Å². The summed E-state index contributed by atoms with van der Waals surface area (Å²) in [5, 5.41) is 0. The molecule has 0 radical (unpaired) electrons. The molecule has 6 heteroatoms. The molecule has 4 nitrogen and oxygen atoms in total. The standard InChI is InChI=1S/C23H24F2N2O2/c1-23(2,3)13-21(28)27-10-4-5-19(27)22-26-18-12-15(7-9-20(18)29-22)14-6-8-16(24)17(25)11-14/h6-9,11-12,19H,4-5,10,13H2,1-3H3/t19-/m1/s1. The summed E-state index contributed by atoms with van der Waals surface area (Å²) in [6.07, 6.45) is 2.21. The molecule has 0 unspecified atom stereocenters. The van der Waals surface area contributed by atoms with Crippen LogP contribution in [0.15, 0.2) is 40.8 Å². The summed E-state index contributed by atoms with van der Waals surface area (Å²) >= 11 is 0. The molecule has 1 aliphatic rings. The van der Waals surface area contributed by atoms with Crippen LogP contribution in [0.3, 0.4) is 0 Å².